The second kappa shape index (κ2) is 9.86. The molecule has 2 rings (SSSR count). The van der Waals surface area contributed by atoms with Crippen LogP contribution in [-0.2, 0) is 14.3 Å². The van der Waals surface area contributed by atoms with Gasteiger partial charge in [0.15, 0.2) is 0 Å². The molecule has 0 aliphatic heterocycles. The van der Waals surface area contributed by atoms with Crippen molar-refractivity contribution < 1.29 is 14.3 Å². The first kappa shape index (κ1) is 20.6. The molecular weight excluding hydrogens is 326 g/mol. The van der Waals surface area contributed by atoms with Gasteiger partial charge in [0.25, 0.3) is 0 Å². The minimum Gasteiger partial charge on any atom is -0.457 e. The normalized spacial score (nSPS) is 24.3. The Kier molecular flexibility index (Phi) is 7.83. The molecule has 0 amide bonds. The number of carbonyl (C=O) groups excluding carboxylic acids is 2. The summed E-state index contributed by atoms with van der Waals surface area (Å²) in [4.78, 5) is 24.7. The molecule has 4 atom stereocenters. The van der Waals surface area contributed by atoms with Crippen LogP contribution in [0.3, 0.4) is 0 Å². The lowest BCUT2D eigenvalue weighted by molar-refractivity contribution is -0.148. The molecule has 0 bridgehead atoms. The average molecular weight is 360 g/mol. The van der Waals surface area contributed by atoms with Gasteiger partial charge >= 0.3 is 5.97 Å². The zero-order valence-electron chi connectivity index (χ0n) is 16.3. The van der Waals surface area contributed by atoms with Crippen LogP contribution in [0, 0.1) is 23.7 Å². The molecule has 0 aromatic heterocycles. The van der Waals surface area contributed by atoms with Gasteiger partial charge in [0.05, 0.1) is 6.54 Å². The van der Waals surface area contributed by atoms with E-state index in [4.69, 9.17) is 10.5 Å². The third-order valence-electron chi connectivity index (χ3n) is 5.70. The van der Waals surface area contributed by atoms with E-state index >= 15 is 0 Å². The van der Waals surface area contributed by atoms with Crippen LogP contribution in [0.25, 0.3) is 0 Å². The Balaban J connectivity index is 2.04. The fourth-order valence-electron chi connectivity index (χ4n) is 4.20. The van der Waals surface area contributed by atoms with Crippen molar-refractivity contribution in [2.45, 2.75) is 59.0 Å². The third kappa shape index (κ3) is 5.66. The molecule has 1 aromatic carbocycles. The maximum atomic E-state index is 13.0. The zero-order chi connectivity index (χ0) is 19.1. The van der Waals surface area contributed by atoms with Crippen molar-refractivity contribution in [3.8, 4) is 0 Å². The van der Waals surface area contributed by atoms with E-state index in [9.17, 15) is 9.59 Å². The van der Waals surface area contributed by atoms with Crippen molar-refractivity contribution in [3.05, 3.63) is 35.9 Å². The number of ether oxygens (including phenoxy) is 1. The second-order valence-corrected chi connectivity index (χ2v) is 8.03. The maximum absolute atomic E-state index is 13.0. The van der Waals surface area contributed by atoms with Crippen LogP contribution in [0.1, 0.15) is 64.5 Å². The predicted octanol–water partition coefficient (Wildman–Crippen LogP) is 4.29. The molecule has 4 nitrogen and oxygen atoms in total. The molecule has 0 radical (unpaired) electrons. The number of hydrogen-bond donors (Lipinski definition) is 1. The van der Waals surface area contributed by atoms with Crippen molar-refractivity contribution in [2.24, 2.45) is 29.4 Å². The first-order valence-corrected chi connectivity index (χ1v) is 9.89. The van der Waals surface area contributed by atoms with Crippen molar-refractivity contribution in [1.29, 1.82) is 0 Å². The molecule has 0 saturated heterocycles. The SMILES string of the molecule is CC(C)[C@@H]1CC[C@@H](C)C[C@H]1C(=O)CC[C@H](OC(=O)CN)c1ccccc1. The molecule has 144 valence electrons. The summed E-state index contributed by atoms with van der Waals surface area (Å²) < 4.78 is 5.50. The summed E-state index contributed by atoms with van der Waals surface area (Å²) in [5, 5.41) is 0. The van der Waals surface area contributed by atoms with Crippen LogP contribution < -0.4 is 5.73 Å². The molecule has 0 heterocycles. The summed E-state index contributed by atoms with van der Waals surface area (Å²) >= 11 is 0. The predicted molar refractivity (Wildman–Crippen MR) is 103 cm³/mol. The smallest absolute Gasteiger partial charge is 0.320 e. The van der Waals surface area contributed by atoms with Gasteiger partial charge in [-0.05, 0) is 42.6 Å². The molecule has 0 spiro atoms. The van der Waals surface area contributed by atoms with Gasteiger partial charge in [0.2, 0.25) is 0 Å². The van der Waals surface area contributed by atoms with Gasteiger partial charge < -0.3 is 10.5 Å². The number of esters is 1. The monoisotopic (exact) mass is 359 g/mol. The molecule has 1 aliphatic carbocycles. The van der Waals surface area contributed by atoms with Crippen LogP contribution in [0.5, 0.6) is 0 Å². The Morgan fingerprint density at radius 3 is 2.50 bits per heavy atom. The van der Waals surface area contributed by atoms with Gasteiger partial charge in [0, 0.05) is 12.3 Å². The van der Waals surface area contributed by atoms with E-state index in [2.05, 4.69) is 20.8 Å². The van der Waals surface area contributed by atoms with Crippen LogP contribution in [0.4, 0.5) is 0 Å². The highest BCUT2D eigenvalue weighted by Crippen LogP contribution is 2.39. The topological polar surface area (TPSA) is 69.4 Å². The fraction of sp³-hybridized carbons (Fsp3) is 0.636. The van der Waals surface area contributed by atoms with Gasteiger partial charge in [-0.3, -0.25) is 9.59 Å². The van der Waals surface area contributed by atoms with Crippen LogP contribution in [-0.4, -0.2) is 18.3 Å². The first-order chi connectivity index (χ1) is 12.4. The number of carbonyl (C=O) groups is 2. The van der Waals surface area contributed by atoms with E-state index in [1.54, 1.807) is 0 Å². The Morgan fingerprint density at radius 2 is 1.88 bits per heavy atom. The third-order valence-corrected chi connectivity index (χ3v) is 5.70. The molecule has 1 aromatic rings. The van der Waals surface area contributed by atoms with Gasteiger partial charge in [-0.2, -0.15) is 0 Å². The highest BCUT2D eigenvalue weighted by Gasteiger charge is 2.35. The van der Waals surface area contributed by atoms with E-state index in [0.717, 1.165) is 18.4 Å². The number of nitrogens with two attached hydrogens (primary N) is 1. The maximum Gasteiger partial charge on any atom is 0.320 e. The molecule has 1 aliphatic rings. The fourth-order valence-corrected chi connectivity index (χ4v) is 4.20. The lowest BCUT2D eigenvalue weighted by atomic mass is 9.68. The molecular formula is C22H33NO3. The van der Waals surface area contributed by atoms with Crippen molar-refractivity contribution in [2.75, 3.05) is 6.54 Å². The van der Waals surface area contributed by atoms with E-state index < -0.39 is 12.1 Å². The Labute approximate surface area is 157 Å². The number of rotatable bonds is 8. The Morgan fingerprint density at radius 1 is 1.19 bits per heavy atom. The highest BCUT2D eigenvalue weighted by molar-refractivity contribution is 5.81. The summed E-state index contributed by atoms with van der Waals surface area (Å²) in [6.07, 6.45) is 3.89. The minimum atomic E-state index is -0.433. The lowest BCUT2D eigenvalue weighted by Gasteiger charge is -2.36. The quantitative estimate of drug-likeness (QED) is 0.703. The molecule has 26 heavy (non-hydrogen) atoms. The zero-order valence-corrected chi connectivity index (χ0v) is 16.3. The number of hydrogen-bond acceptors (Lipinski definition) is 4. The standard InChI is InChI=1S/C22H33NO3/c1-15(2)18-10-9-16(3)13-19(18)20(24)11-12-21(26-22(25)14-23)17-7-5-4-6-8-17/h4-8,15-16,18-19,21H,9-14,23H2,1-3H3/t16-,18+,19-,21+/m1/s1. The van der Waals surface area contributed by atoms with E-state index in [1.165, 1.54) is 6.42 Å². The van der Waals surface area contributed by atoms with Crippen molar-refractivity contribution in [3.63, 3.8) is 0 Å². The molecule has 0 unspecified atom stereocenters. The molecule has 1 fully saturated rings. The number of Topliss-reactive ketones (excluding diaryl/α,β-unsaturated/α-hetero) is 1. The van der Waals surface area contributed by atoms with Crippen LogP contribution in [0.15, 0.2) is 30.3 Å². The van der Waals surface area contributed by atoms with Crippen molar-refractivity contribution in [1.82, 2.24) is 0 Å². The summed E-state index contributed by atoms with van der Waals surface area (Å²) in [5.74, 6) is 1.63. The van der Waals surface area contributed by atoms with Crippen LogP contribution >= 0.6 is 0 Å². The lowest BCUT2D eigenvalue weighted by Crippen LogP contribution is -2.33. The first-order valence-electron chi connectivity index (χ1n) is 9.89. The summed E-state index contributed by atoms with van der Waals surface area (Å²) in [6, 6.07) is 9.61. The Hall–Kier alpha value is -1.68. The minimum absolute atomic E-state index is 0.139. The summed E-state index contributed by atoms with van der Waals surface area (Å²) in [6.45, 7) is 6.53. The largest absolute Gasteiger partial charge is 0.457 e. The van der Waals surface area contributed by atoms with Gasteiger partial charge in [-0.25, -0.2) is 0 Å². The number of ketones is 1. The van der Waals surface area contributed by atoms with E-state index in [1.807, 2.05) is 30.3 Å². The van der Waals surface area contributed by atoms with Gasteiger partial charge in [0.1, 0.15) is 11.9 Å². The highest BCUT2D eigenvalue weighted by atomic mass is 16.5. The van der Waals surface area contributed by atoms with Crippen LogP contribution in [0.2, 0.25) is 0 Å². The van der Waals surface area contributed by atoms with Crippen molar-refractivity contribution >= 4 is 11.8 Å². The number of benzene rings is 1. The van der Waals surface area contributed by atoms with Gasteiger partial charge in [-0.1, -0.05) is 57.5 Å². The Bertz CT molecular complexity index is 584. The molecule has 1 saturated carbocycles. The average Bonchev–Trinajstić information content (AvgIpc) is 2.64. The molecule has 2 N–H and O–H groups in total. The summed E-state index contributed by atoms with van der Waals surface area (Å²) in [7, 11) is 0. The van der Waals surface area contributed by atoms with E-state index in [-0.39, 0.29) is 12.5 Å². The summed E-state index contributed by atoms with van der Waals surface area (Å²) in [5.41, 5.74) is 6.31. The molecule has 4 heteroatoms. The van der Waals surface area contributed by atoms with Gasteiger partial charge in [-0.15, -0.1) is 0 Å². The van der Waals surface area contributed by atoms with E-state index in [0.29, 0.717) is 36.4 Å². The second-order valence-electron chi connectivity index (χ2n) is 8.03.